The van der Waals surface area contributed by atoms with E-state index >= 15 is 0 Å². The van der Waals surface area contributed by atoms with Gasteiger partial charge in [0.15, 0.2) is 0 Å². The van der Waals surface area contributed by atoms with Crippen molar-refractivity contribution in [1.82, 2.24) is 14.9 Å². The molecule has 2 aromatic rings. The van der Waals surface area contributed by atoms with Crippen LogP contribution in [-0.2, 0) is 19.5 Å². The summed E-state index contributed by atoms with van der Waals surface area (Å²) in [6.45, 7) is -1.14. The molecule has 1 aliphatic rings. The molecule has 28 heavy (non-hydrogen) atoms. The van der Waals surface area contributed by atoms with E-state index < -0.39 is 6.61 Å². The van der Waals surface area contributed by atoms with E-state index in [0.717, 1.165) is 16.7 Å². The van der Waals surface area contributed by atoms with E-state index in [1.165, 1.54) is 12.3 Å². The summed E-state index contributed by atoms with van der Waals surface area (Å²) in [6, 6.07) is 7.16. The normalized spacial score (nSPS) is 13.5. The van der Waals surface area contributed by atoms with Crippen molar-refractivity contribution >= 4 is 17.4 Å². The van der Waals surface area contributed by atoms with E-state index in [4.69, 9.17) is 16.9 Å². The number of pyridine rings is 2. The quantitative estimate of drug-likeness (QED) is 0.583. The number of anilines is 1. The third-order valence-electron chi connectivity index (χ3n) is 4.29. The number of hydrogen-bond acceptors (Lipinski definition) is 7. The SMILES string of the molecule is N#CCNc1nc(Cl)c(C#N)c2c1CCN(Cc1ccc(OC(F)F)nc1)C2. The van der Waals surface area contributed by atoms with Crippen LogP contribution in [0.15, 0.2) is 18.3 Å². The monoisotopic (exact) mass is 404 g/mol. The molecule has 0 spiro atoms. The fourth-order valence-corrected chi connectivity index (χ4v) is 3.34. The molecule has 0 bridgehead atoms. The van der Waals surface area contributed by atoms with Crippen molar-refractivity contribution in [2.75, 3.05) is 18.4 Å². The number of hydrogen-bond donors (Lipinski definition) is 1. The Kier molecular flexibility index (Phi) is 6.19. The number of aromatic nitrogens is 2. The second-order valence-corrected chi connectivity index (χ2v) is 6.41. The summed E-state index contributed by atoms with van der Waals surface area (Å²) in [5.74, 6) is 0.385. The van der Waals surface area contributed by atoms with E-state index in [2.05, 4.69) is 31.0 Å². The van der Waals surface area contributed by atoms with Gasteiger partial charge in [-0.3, -0.25) is 4.90 Å². The summed E-state index contributed by atoms with van der Waals surface area (Å²) in [6.07, 6.45) is 2.11. The fourth-order valence-electron chi connectivity index (χ4n) is 3.10. The molecule has 1 N–H and O–H groups in total. The highest BCUT2D eigenvalue weighted by Crippen LogP contribution is 2.32. The Labute approximate surface area is 165 Å². The van der Waals surface area contributed by atoms with E-state index in [1.54, 1.807) is 6.07 Å². The van der Waals surface area contributed by atoms with Gasteiger partial charge in [-0.05, 0) is 17.5 Å². The summed E-state index contributed by atoms with van der Waals surface area (Å²) in [5.41, 5.74) is 2.81. The fraction of sp³-hybridized carbons (Fsp3) is 0.333. The van der Waals surface area contributed by atoms with Crippen LogP contribution in [0.2, 0.25) is 5.15 Å². The van der Waals surface area contributed by atoms with Crippen LogP contribution in [0.3, 0.4) is 0 Å². The second-order valence-electron chi connectivity index (χ2n) is 6.05. The van der Waals surface area contributed by atoms with Crippen LogP contribution in [-0.4, -0.2) is 34.6 Å². The standard InChI is InChI=1S/C18H15ClF2N6O/c19-16-13(7-23)14-10-27(6-3-12(14)17(26-16)24-5-4-22)9-11-1-2-15(25-8-11)28-18(20)21/h1-2,8,18H,3,5-6,9-10H2,(H,24,26). The van der Waals surface area contributed by atoms with Gasteiger partial charge in [0, 0.05) is 37.5 Å². The van der Waals surface area contributed by atoms with Gasteiger partial charge in [0.2, 0.25) is 5.88 Å². The first kappa shape index (κ1) is 19.7. The molecule has 0 unspecified atom stereocenters. The zero-order chi connectivity index (χ0) is 20.1. The molecule has 3 heterocycles. The Balaban J connectivity index is 1.79. The number of ether oxygens (including phenoxy) is 1. The Morgan fingerprint density at radius 3 is 2.79 bits per heavy atom. The zero-order valence-electron chi connectivity index (χ0n) is 14.6. The van der Waals surface area contributed by atoms with E-state index in [-0.39, 0.29) is 17.6 Å². The number of nitriles is 2. The smallest absolute Gasteiger partial charge is 0.388 e. The molecule has 0 saturated carbocycles. The molecule has 0 aliphatic carbocycles. The predicted molar refractivity (Wildman–Crippen MR) is 96.8 cm³/mol. The maximum Gasteiger partial charge on any atom is 0.388 e. The Hall–Kier alpha value is -3.01. The van der Waals surface area contributed by atoms with Crippen LogP contribution in [0.4, 0.5) is 14.6 Å². The summed E-state index contributed by atoms with van der Waals surface area (Å²) < 4.78 is 28.7. The van der Waals surface area contributed by atoms with Gasteiger partial charge in [-0.2, -0.15) is 19.3 Å². The molecule has 0 saturated heterocycles. The highest BCUT2D eigenvalue weighted by Gasteiger charge is 2.25. The third-order valence-corrected chi connectivity index (χ3v) is 4.56. The largest absolute Gasteiger partial charge is 0.417 e. The Morgan fingerprint density at radius 2 is 2.14 bits per heavy atom. The average molecular weight is 405 g/mol. The predicted octanol–water partition coefficient (Wildman–Crippen LogP) is 3.10. The van der Waals surface area contributed by atoms with Gasteiger partial charge < -0.3 is 10.1 Å². The van der Waals surface area contributed by atoms with Crippen LogP contribution < -0.4 is 10.1 Å². The first-order chi connectivity index (χ1) is 13.5. The molecule has 7 nitrogen and oxygen atoms in total. The number of rotatable bonds is 6. The molecule has 0 atom stereocenters. The summed E-state index contributed by atoms with van der Waals surface area (Å²) >= 11 is 6.15. The van der Waals surface area contributed by atoms with Crippen LogP contribution in [0.5, 0.6) is 5.88 Å². The van der Waals surface area contributed by atoms with Gasteiger partial charge in [-0.1, -0.05) is 17.7 Å². The van der Waals surface area contributed by atoms with Gasteiger partial charge in [0.25, 0.3) is 0 Å². The second kappa shape index (κ2) is 8.79. The first-order valence-electron chi connectivity index (χ1n) is 8.36. The molecular weight excluding hydrogens is 390 g/mol. The van der Waals surface area contributed by atoms with Crippen molar-refractivity contribution in [1.29, 1.82) is 10.5 Å². The maximum absolute atomic E-state index is 12.2. The van der Waals surface area contributed by atoms with Crippen molar-refractivity contribution in [3.63, 3.8) is 0 Å². The van der Waals surface area contributed by atoms with E-state index in [9.17, 15) is 14.0 Å². The van der Waals surface area contributed by atoms with Crippen molar-refractivity contribution < 1.29 is 13.5 Å². The molecule has 0 fully saturated rings. The van der Waals surface area contributed by atoms with Crippen molar-refractivity contribution in [2.45, 2.75) is 26.1 Å². The van der Waals surface area contributed by atoms with Gasteiger partial charge in [0.1, 0.15) is 23.6 Å². The molecule has 0 radical (unpaired) electrons. The Bertz CT molecular complexity index is 939. The van der Waals surface area contributed by atoms with Gasteiger partial charge in [0.05, 0.1) is 11.6 Å². The van der Waals surface area contributed by atoms with Crippen molar-refractivity contribution in [2.24, 2.45) is 0 Å². The molecule has 1 aliphatic heterocycles. The van der Waals surface area contributed by atoms with Gasteiger partial charge >= 0.3 is 6.61 Å². The minimum Gasteiger partial charge on any atom is -0.417 e. The minimum atomic E-state index is -2.91. The highest BCUT2D eigenvalue weighted by atomic mass is 35.5. The molecule has 0 amide bonds. The zero-order valence-corrected chi connectivity index (χ0v) is 15.4. The summed E-state index contributed by atoms with van der Waals surface area (Å²) in [7, 11) is 0. The Morgan fingerprint density at radius 1 is 1.32 bits per heavy atom. The number of halogens is 3. The topological polar surface area (TPSA) is 97.9 Å². The average Bonchev–Trinajstić information content (AvgIpc) is 2.67. The molecular formula is C18H15ClF2N6O. The third kappa shape index (κ3) is 4.45. The van der Waals surface area contributed by atoms with Crippen LogP contribution in [0, 0.1) is 22.7 Å². The lowest BCUT2D eigenvalue weighted by molar-refractivity contribution is -0.0528. The molecule has 2 aromatic heterocycles. The lowest BCUT2D eigenvalue weighted by atomic mass is 9.96. The summed E-state index contributed by atoms with van der Waals surface area (Å²) in [4.78, 5) is 10.2. The molecule has 144 valence electrons. The first-order valence-corrected chi connectivity index (χ1v) is 8.74. The maximum atomic E-state index is 12.2. The van der Waals surface area contributed by atoms with Crippen LogP contribution in [0.1, 0.15) is 22.3 Å². The minimum absolute atomic E-state index is 0.0874. The number of nitrogens with one attached hydrogen (secondary N) is 1. The number of alkyl halides is 2. The van der Waals surface area contributed by atoms with Crippen LogP contribution >= 0.6 is 11.6 Å². The van der Waals surface area contributed by atoms with E-state index in [1.807, 2.05) is 6.07 Å². The molecule has 10 heteroatoms. The van der Waals surface area contributed by atoms with E-state index in [0.29, 0.717) is 37.4 Å². The molecule has 3 rings (SSSR count). The lowest BCUT2D eigenvalue weighted by Crippen LogP contribution is -2.31. The molecule has 0 aromatic carbocycles. The lowest BCUT2D eigenvalue weighted by Gasteiger charge is -2.30. The number of nitrogens with zero attached hydrogens (tertiary/aromatic N) is 5. The van der Waals surface area contributed by atoms with Crippen LogP contribution in [0.25, 0.3) is 0 Å². The van der Waals surface area contributed by atoms with Crippen molar-refractivity contribution in [3.05, 3.63) is 45.7 Å². The van der Waals surface area contributed by atoms with Gasteiger partial charge in [-0.15, -0.1) is 0 Å². The highest BCUT2D eigenvalue weighted by molar-refractivity contribution is 6.30. The number of fused-ring (bicyclic) bond motifs is 1. The summed E-state index contributed by atoms with van der Waals surface area (Å²) in [5, 5.41) is 21.3. The van der Waals surface area contributed by atoms with Crippen molar-refractivity contribution in [3.8, 4) is 18.0 Å². The van der Waals surface area contributed by atoms with Gasteiger partial charge in [-0.25, -0.2) is 9.97 Å².